The van der Waals surface area contributed by atoms with E-state index >= 15 is 0 Å². The molecule has 0 amide bonds. The summed E-state index contributed by atoms with van der Waals surface area (Å²) in [6.45, 7) is 16.2. The molecule has 6 rings (SSSR count). The van der Waals surface area contributed by atoms with E-state index in [1.807, 2.05) is 13.0 Å². The number of hydrogen-bond acceptors (Lipinski definition) is 5. The Kier molecular flexibility index (Phi) is 7.49. The van der Waals surface area contributed by atoms with E-state index in [1.165, 1.54) is 11.1 Å². The molecule has 2 aliphatic heterocycles. The zero-order valence-corrected chi connectivity index (χ0v) is 25.9. The fourth-order valence-corrected chi connectivity index (χ4v) is 7.45. The number of hydrogen-bond donors (Lipinski definition) is 6. The summed E-state index contributed by atoms with van der Waals surface area (Å²) in [6.07, 6.45) is 9.55. The van der Waals surface area contributed by atoms with E-state index in [2.05, 4.69) is 79.7 Å². The van der Waals surface area contributed by atoms with Crippen molar-refractivity contribution >= 4 is 35.7 Å². The van der Waals surface area contributed by atoms with Crippen LogP contribution in [0.3, 0.4) is 0 Å². The molecule has 8 bridgehead atoms. The lowest BCUT2D eigenvalue weighted by Gasteiger charge is -2.23. The van der Waals surface area contributed by atoms with Gasteiger partial charge in [0.25, 0.3) is 0 Å². The Morgan fingerprint density at radius 2 is 1.72 bits per heavy atom. The molecular formula is C35H42N4O4. The Hall–Kier alpha value is -3.85. The molecule has 0 aromatic carbocycles. The summed E-state index contributed by atoms with van der Waals surface area (Å²) >= 11 is 0. The highest BCUT2D eigenvalue weighted by Crippen LogP contribution is 2.48. The normalized spacial score (nSPS) is 25.9. The van der Waals surface area contributed by atoms with Crippen molar-refractivity contribution in [2.24, 2.45) is 17.8 Å². The van der Waals surface area contributed by atoms with E-state index < -0.39 is 19.0 Å². The van der Waals surface area contributed by atoms with Crippen LogP contribution in [0.25, 0.3) is 29.9 Å². The fraction of sp³-hybridized carbons (Fsp3) is 0.400. The van der Waals surface area contributed by atoms with E-state index in [0.29, 0.717) is 16.8 Å². The van der Waals surface area contributed by atoms with Crippen molar-refractivity contribution < 1.29 is 19.7 Å². The molecule has 0 saturated carbocycles. The minimum Gasteiger partial charge on any atom is -0.371 e. The van der Waals surface area contributed by atoms with Crippen molar-refractivity contribution in [2.45, 2.75) is 67.1 Å². The van der Waals surface area contributed by atoms with Gasteiger partial charge >= 0.3 is 0 Å². The van der Waals surface area contributed by atoms with E-state index in [4.69, 9.17) is 4.74 Å². The third-order valence-corrected chi connectivity index (χ3v) is 9.82. The number of aromatic nitrogens is 3. The number of aliphatic hydroxyl groups is 2. The second-order valence-corrected chi connectivity index (χ2v) is 12.1. The smallest absolute Gasteiger partial charge is 0.178 e. The summed E-state index contributed by atoms with van der Waals surface area (Å²) in [5, 5.41) is 26.3. The number of ether oxygens (including phenoxy) is 1. The van der Waals surface area contributed by atoms with Gasteiger partial charge < -0.3 is 35.2 Å². The molecule has 8 nitrogen and oxygen atoms in total. The Labute approximate surface area is 252 Å². The minimum atomic E-state index is -1.48. The molecule has 0 spiro atoms. The summed E-state index contributed by atoms with van der Waals surface area (Å²) < 4.78 is 5.25. The number of fused-ring (bicyclic) bond motifs is 7. The lowest BCUT2D eigenvalue weighted by molar-refractivity contribution is -0.159. The highest BCUT2D eigenvalue weighted by molar-refractivity contribution is 6.15. The van der Waals surface area contributed by atoms with Crippen LogP contribution in [0.4, 0.5) is 0 Å². The van der Waals surface area contributed by atoms with Crippen LogP contribution in [-0.2, 0) is 11.2 Å². The first-order chi connectivity index (χ1) is 20.6. The number of allylic oxidation sites excluding steroid dienone is 2. The maximum Gasteiger partial charge on any atom is 0.178 e. The first kappa shape index (κ1) is 29.2. The van der Waals surface area contributed by atoms with Gasteiger partial charge in [0.05, 0.1) is 5.69 Å². The van der Waals surface area contributed by atoms with Gasteiger partial charge in [-0.05, 0) is 74.1 Å². The predicted octanol–water partition coefficient (Wildman–Crippen LogP) is 4.28. The van der Waals surface area contributed by atoms with Crippen molar-refractivity contribution in [3.63, 3.8) is 0 Å². The zero-order valence-electron chi connectivity index (χ0n) is 25.9. The second kappa shape index (κ2) is 11.0. The lowest BCUT2D eigenvalue weighted by atomic mass is 9.85. The van der Waals surface area contributed by atoms with Gasteiger partial charge in [0.2, 0.25) is 0 Å². The Balaban J connectivity index is 1.73. The Morgan fingerprint density at radius 3 is 2.40 bits per heavy atom. The van der Waals surface area contributed by atoms with Crippen LogP contribution in [0.2, 0.25) is 0 Å². The average Bonchev–Trinajstić information content (AvgIpc) is 3.71. The summed E-state index contributed by atoms with van der Waals surface area (Å²) in [7, 11) is 0. The van der Waals surface area contributed by atoms with E-state index in [1.54, 1.807) is 0 Å². The van der Waals surface area contributed by atoms with Crippen molar-refractivity contribution in [3.05, 3.63) is 84.8 Å². The monoisotopic (exact) mass is 582 g/mol. The second-order valence-electron chi connectivity index (χ2n) is 12.1. The van der Waals surface area contributed by atoms with Gasteiger partial charge in [-0.15, -0.1) is 0 Å². The maximum absolute atomic E-state index is 14.1. The van der Waals surface area contributed by atoms with Crippen LogP contribution in [0.15, 0.2) is 18.0 Å². The number of H-pyrrole nitrogens is 3. The lowest BCUT2D eigenvalue weighted by Crippen LogP contribution is -2.30. The summed E-state index contributed by atoms with van der Waals surface area (Å²) in [6, 6.07) is 0. The molecule has 1 fully saturated rings. The van der Waals surface area contributed by atoms with Gasteiger partial charge in [-0.25, -0.2) is 0 Å². The quantitative estimate of drug-likeness (QED) is 0.232. The number of aromatic amines is 3. The number of carbonyl (C=O) groups excluding carboxylic acids is 1. The maximum atomic E-state index is 14.1. The molecule has 6 N–H and O–H groups in total. The molecule has 43 heavy (non-hydrogen) atoms. The number of aliphatic hydroxyl groups excluding tert-OH is 2. The molecular weight excluding hydrogens is 540 g/mol. The molecule has 1 unspecified atom stereocenters. The molecule has 3 aromatic heterocycles. The standard InChI is InChI=1S/C35H42N4O4/c1-8-11-22-18(6)25-12-23-16(4)20(9-2)27(36-23)13-24-17(5)21(10-3)28(37-24)14-26-19(7)29-33(39-26)30(32(22)38-25)31(34(29)41)35(42)43-15-40/h9,12-14,18,22,31,35-40,42H,2,8,10-11,15H2,1,3-7H3/b24-13-,25-12-,28-14-,32-30-/t18-,22-,31+,35?/m0/s1. The molecule has 1 aliphatic carbocycles. The fourth-order valence-electron chi connectivity index (χ4n) is 7.45. The molecule has 4 atom stereocenters. The first-order valence-corrected chi connectivity index (χ1v) is 15.3. The molecule has 1 saturated heterocycles. The minimum absolute atomic E-state index is 0.0978. The van der Waals surface area contributed by atoms with Crippen LogP contribution in [-0.4, -0.2) is 44.0 Å². The number of nitrogens with one attached hydrogen (secondary N) is 4. The molecule has 5 heterocycles. The van der Waals surface area contributed by atoms with Crippen LogP contribution in [0.5, 0.6) is 0 Å². The number of Topliss-reactive ketones (excluding diaryl/α,β-unsaturated/α-hetero) is 1. The third-order valence-electron chi connectivity index (χ3n) is 9.82. The van der Waals surface area contributed by atoms with Crippen LogP contribution in [0.1, 0.15) is 94.6 Å². The highest BCUT2D eigenvalue weighted by Gasteiger charge is 2.47. The summed E-state index contributed by atoms with van der Waals surface area (Å²) in [4.78, 5) is 25.0. The molecule has 226 valence electrons. The third kappa shape index (κ3) is 4.42. The number of rotatable bonds is 7. The van der Waals surface area contributed by atoms with E-state index in [0.717, 1.165) is 75.1 Å². The van der Waals surface area contributed by atoms with E-state index in [-0.39, 0.29) is 17.6 Å². The van der Waals surface area contributed by atoms with Gasteiger partial charge in [0.15, 0.2) is 12.1 Å². The highest BCUT2D eigenvalue weighted by atomic mass is 16.7. The van der Waals surface area contributed by atoms with Crippen molar-refractivity contribution in [1.29, 1.82) is 0 Å². The molecule has 0 radical (unpaired) electrons. The summed E-state index contributed by atoms with van der Waals surface area (Å²) in [5.41, 5.74) is 12.2. The van der Waals surface area contributed by atoms with Crippen molar-refractivity contribution in [1.82, 2.24) is 20.3 Å². The van der Waals surface area contributed by atoms with E-state index in [9.17, 15) is 15.0 Å². The first-order valence-electron chi connectivity index (χ1n) is 15.3. The molecule has 3 aliphatic rings. The van der Waals surface area contributed by atoms with Gasteiger partial charge in [0.1, 0.15) is 12.7 Å². The Bertz CT molecular complexity index is 1830. The van der Waals surface area contributed by atoms with Crippen LogP contribution in [0, 0.1) is 38.5 Å². The van der Waals surface area contributed by atoms with Crippen LogP contribution < -0.4 is 16.0 Å². The van der Waals surface area contributed by atoms with Gasteiger partial charge in [-0.2, -0.15) is 0 Å². The molecule has 8 heteroatoms. The van der Waals surface area contributed by atoms with Gasteiger partial charge in [0, 0.05) is 67.7 Å². The van der Waals surface area contributed by atoms with Gasteiger partial charge in [-0.3, -0.25) is 4.79 Å². The van der Waals surface area contributed by atoms with Crippen LogP contribution >= 0.6 is 0 Å². The predicted molar refractivity (Wildman–Crippen MR) is 170 cm³/mol. The Morgan fingerprint density at radius 1 is 1.00 bits per heavy atom. The molecule has 3 aromatic rings. The topological polar surface area (TPSA) is 126 Å². The SMILES string of the molecule is C=Cc1c2[nH]c(c1C)/C=C1\N/C(=C3\c4[nH]c(c(C)c4C(=O)[C@@H]3C(O)OCO)/C=c3\[nH]/c(c(C)c3CC)=C\2)[C@@H](CCC)[C@@H]1C. The summed E-state index contributed by atoms with van der Waals surface area (Å²) in [5.74, 6) is -0.929. The van der Waals surface area contributed by atoms with Crippen molar-refractivity contribution in [3.8, 4) is 0 Å². The van der Waals surface area contributed by atoms with Crippen molar-refractivity contribution in [2.75, 3.05) is 6.79 Å². The largest absolute Gasteiger partial charge is 0.371 e. The zero-order chi connectivity index (χ0) is 30.7. The number of carbonyl (C=O) groups is 1. The number of ketones is 1. The average molecular weight is 583 g/mol. The van der Waals surface area contributed by atoms with Gasteiger partial charge in [-0.1, -0.05) is 39.8 Å².